The van der Waals surface area contributed by atoms with Gasteiger partial charge in [0.05, 0.1) is 5.54 Å². The predicted octanol–water partition coefficient (Wildman–Crippen LogP) is 3.30. The van der Waals surface area contributed by atoms with E-state index in [0.717, 1.165) is 44.9 Å². The summed E-state index contributed by atoms with van der Waals surface area (Å²) in [6.07, 6.45) is 10.4. The molecule has 0 radical (unpaired) electrons. The molecule has 4 heteroatoms. The van der Waals surface area contributed by atoms with Gasteiger partial charge in [0.25, 0.3) is 0 Å². The number of aryl methyl sites for hydroxylation is 1. The van der Waals surface area contributed by atoms with Crippen LogP contribution in [0.5, 0.6) is 0 Å². The normalized spacial score (nSPS) is 21.8. The molecule has 2 aliphatic carbocycles. The molecule has 0 aliphatic heterocycles. The Kier molecular flexibility index (Phi) is 6.12. The summed E-state index contributed by atoms with van der Waals surface area (Å²) in [6, 6.07) is 8.41. The van der Waals surface area contributed by atoms with Crippen LogP contribution in [0.1, 0.15) is 56.1 Å². The Hall–Kier alpha value is -2.10. The molecule has 4 nitrogen and oxygen atoms in total. The second kappa shape index (κ2) is 8.52. The van der Waals surface area contributed by atoms with Gasteiger partial charge in [0.2, 0.25) is 11.8 Å². The van der Waals surface area contributed by atoms with Crippen LogP contribution in [0.4, 0.5) is 0 Å². The van der Waals surface area contributed by atoms with Crippen molar-refractivity contribution in [1.82, 2.24) is 10.6 Å². The van der Waals surface area contributed by atoms with Gasteiger partial charge in [0, 0.05) is 12.5 Å². The lowest BCUT2D eigenvalue weighted by Crippen LogP contribution is -2.55. The van der Waals surface area contributed by atoms with E-state index in [1.165, 1.54) is 30.0 Å². The molecule has 26 heavy (non-hydrogen) atoms. The molecule has 1 aromatic rings. The number of hydrogen-bond acceptors (Lipinski definition) is 2. The first-order valence-electron chi connectivity index (χ1n) is 9.91. The fourth-order valence-electron chi connectivity index (χ4n) is 4.39. The largest absolute Gasteiger partial charge is 0.354 e. The maximum Gasteiger partial charge on any atom is 0.243 e. The minimum absolute atomic E-state index is 0.0304. The Labute approximate surface area is 156 Å². The zero-order chi connectivity index (χ0) is 18.4. The Balaban J connectivity index is 1.62. The number of amides is 2. The van der Waals surface area contributed by atoms with E-state index in [2.05, 4.69) is 35.4 Å². The van der Waals surface area contributed by atoms with E-state index in [4.69, 9.17) is 0 Å². The van der Waals surface area contributed by atoms with Gasteiger partial charge in [-0.2, -0.15) is 0 Å². The fraction of sp³-hybridized carbons (Fsp3) is 0.545. The third-order valence-corrected chi connectivity index (χ3v) is 5.95. The standard InChI is InChI=1S/C22H30N2O2/c1-2-20(25)24-22(13-7-3-4-8-14-22)16-23-21(26)19-12-11-17-9-5-6-10-18(17)15-19/h2,5-6,9-10,19H,1,3-4,7-8,11-16H2,(H,23,26)(H,24,25). The van der Waals surface area contributed by atoms with Gasteiger partial charge in [-0.3, -0.25) is 9.59 Å². The number of carbonyl (C=O) groups is 2. The minimum atomic E-state index is -0.329. The highest BCUT2D eigenvalue weighted by molar-refractivity contribution is 5.87. The maximum absolute atomic E-state index is 12.8. The fourth-order valence-corrected chi connectivity index (χ4v) is 4.39. The molecule has 1 fully saturated rings. The molecule has 0 spiro atoms. The molecule has 0 bridgehead atoms. The van der Waals surface area contributed by atoms with Crippen molar-refractivity contribution < 1.29 is 9.59 Å². The molecule has 1 aromatic carbocycles. The molecule has 2 N–H and O–H groups in total. The highest BCUT2D eigenvalue weighted by atomic mass is 16.2. The monoisotopic (exact) mass is 354 g/mol. The SMILES string of the molecule is C=CC(=O)NC1(CNC(=O)C2CCc3ccccc3C2)CCCCCC1. The van der Waals surface area contributed by atoms with Crippen LogP contribution in [-0.4, -0.2) is 23.9 Å². The van der Waals surface area contributed by atoms with Crippen LogP contribution in [0.15, 0.2) is 36.9 Å². The van der Waals surface area contributed by atoms with Crippen molar-refractivity contribution in [1.29, 1.82) is 0 Å². The van der Waals surface area contributed by atoms with E-state index in [-0.39, 0.29) is 23.3 Å². The van der Waals surface area contributed by atoms with Crippen molar-refractivity contribution in [3.63, 3.8) is 0 Å². The van der Waals surface area contributed by atoms with Gasteiger partial charge >= 0.3 is 0 Å². The van der Waals surface area contributed by atoms with Crippen LogP contribution in [-0.2, 0) is 22.4 Å². The van der Waals surface area contributed by atoms with Crippen molar-refractivity contribution >= 4 is 11.8 Å². The Morgan fingerprint density at radius 2 is 1.81 bits per heavy atom. The van der Waals surface area contributed by atoms with Gasteiger partial charge in [-0.05, 0) is 49.3 Å². The first-order valence-corrected chi connectivity index (χ1v) is 9.91. The molecular weight excluding hydrogens is 324 g/mol. The Bertz CT molecular complexity index is 660. The molecule has 2 aliphatic rings. The molecule has 3 rings (SSSR count). The number of rotatable bonds is 5. The van der Waals surface area contributed by atoms with Gasteiger partial charge in [-0.15, -0.1) is 0 Å². The lowest BCUT2D eigenvalue weighted by Gasteiger charge is -2.35. The lowest BCUT2D eigenvalue weighted by atomic mass is 9.83. The first-order chi connectivity index (χ1) is 12.6. The molecular formula is C22H30N2O2. The molecule has 1 unspecified atom stereocenters. The van der Waals surface area contributed by atoms with Crippen molar-refractivity contribution in [2.75, 3.05) is 6.54 Å². The summed E-state index contributed by atoms with van der Waals surface area (Å²) >= 11 is 0. The molecule has 0 aromatic heterocycles. The molecule has 1 saturated carbocycles. The summed E-state index contributed by atoms with van der Waals surface area (Å²) in [5.41, 5.74) is 2.34. The van der Waals surface area contributed by atoms with Crippen LogP contribution < -0.4 is 10.6 Å². The molecule has 0 saturated heterocycles. The van der Waals surface area contributed by atoms with Gasteiger partial charge in [-0.1, -0.05) is 56.5 Å². The van der Waals surface area contributed by atoms with E-state index in [1.54, 1.807) is 0 Å². The summed E-state index contributed by atoms with van der Waals surface area (Å²) in [7, 11) is 0. The van der Waals surface area contributed by atoms with Crippen molar-refractivity contribution in [3.05, 3.63) is 48.0 Å². The summed E-state index contributed by atoms with van der Waals surface area (Å²) in [5.74, 6) is 0.00607. The Morgan fingerprint density at radius 1 is 1.12 bits per heavy atom. The topological polar surface area (TPSA) is 58.2 Å². The predicted molar refractivity (Wildman–Crippen MR) is 104 cm³/mol. The molecule has 1 atom stereocenters. The van der Waals surface area contributed by atoms with Crippen LogP contribution >= 0.6 is 0 Å². The third-order valence-electron chi connectivity index (χ3n) is 5.95. The van der Waals surface area contributed by atoms with E-state index in [9.17, 15) is 9.59 Å². The van der Waals surface area contributed by atoms with Gasteiger partial charge in [-0.25, -0.2) is 0 Å². The second-order valence-electron chi connectivity index (χ2n) is 7.81. The second-order valence-corrected chi connectivity index (χ2v) is 7.81. The summed E-state index contributed by atoms with van der Waals surface area (Å²) < 4.78 is 0. The minimum Gasteiger partial charge on any atom is -0.354 e. The van der Waals surface area contributed by atoms with Gasteiger partial charge < -0.3 is 10.6 Å². The average molecular weight is 354 g/mol. The van der Waals surface area contributed by atoms with Gasteiger partial charge in [0.15, 0.2) is 0 Å². The van der Waals surface area contributed by atoms with Crippen molar-refractivity contribution in [2.24, 2.45) is 5.92 Å². The van der Waals surface area contributed by atoms with Crippen LogP contribution in [0, 0.1) is 5.92 Å². The van der Waals surface area contributed by atoms with Crippen molar-refractivity contribution in [2.45, 2.75) is 63.3 Å². The smallest absolute Gasteiger partial charge is 0.243 e. The number of carbonyl (C=O) groups excluding carboxylic acids is 2. The summed E-state index contributed by atoms with van der Waals surface area (Å²) in [6.45, 7) is 4.09. The van der Waals surface area contributed by atoms with Crippen LogP contribution in [0.25, 0.3) is 0 Å². The third kappa shape index (κ3) is 4.54. The molecule has 0 heterocycles. The van der Waals surface area contributed by atoms with E-state index >= 15 is 0 Å². The number of fused-ring (bicyclic) bond motifs is 1. The van der Waals surface area contributed by atoms with Crippen LogP contribution in [0.2, 0.25) is 0 Å². The quantitative estimate of drug-likeness (QED) is 0.630. The summed E-state index contributed by atoms with van der Waals surface area (Å²) in [5, 5.41) is 6.29. The summed E-state index contributed by atoms with van der Waals surface area (Å²) in [4.78, 5) is 24.7. The average Bonchev–Trinajstić information content (AvgIpc) is 2.91. The highest BCUT2D eigenvalue weighted by Gasteiger charge is 2.33. The highest BCUT2D eigenvalue weighted by Crippen LogP contribution is 2.28. The number of nitrogens with one attached hydrogen (secondary N) is 2. The number of benzene rings is 1. The maximum atomic E-state index is 12.8. The Morgan fingerprint density at radius 3 is 2.50 bits per heavy atom. The van der Waals surface area contributed by atoms with E-state index in [1.807, 2.05) is 6.07 Å². The molecule has 2 amide bonds. The van der Waals surface area contributed by atoms with Crippen molar-refractivity contribution in [3.8, 4) is 0 Å². The van der Waals surface area contributed by atoms with Crippen LogP contribution in [0.3, 0.4) is 0 Å². The molecule has 140 valence electrons. The number of hydrogen-bond donors (Lipinski definition) is 2. The first kappa shape index (κ1) is 18.7. The zero-order valence-electron chi connectivity index (χ0n) is 15.6. The van der Waals surface area contributed by atoms with E-state index in [0.29, 0.717) is 6.54 Å². The lowest BCUT2D eigenvalue weighted by molar-refractivity contribution is -0.126. The zero-order valence-corrected chi connectivity index (χ0v) is 15.6. The van der Waals surface area contributed by atoms with Gasteiger partial charge in [0.1, 0.15) is 0 Å². The van der Waals surface area contributed by atoms with E-state index < -0.39 is 0 Å².